The van der Waals surface area contributed by atoms with Gasteiger partial charge in [-0.2, -0.15) is 0 Å². The molecule has 158 valence electrons. The number of nitrogens with zero attached hydrogens (tertiary/aromatic N) is 2. The van der Waals surface area contributed by atoms with Crippen LogP contribution < -0.4 is 10.6 Å². The van der Waals surface area contributed by atoms with Crippen molar-refractivity contribution in [3.63, 3.8) is 0 Å². The molecule has 0 aliphatic carbocycles. The molecule has 0 fully saturated rings. The number of nitrogens with one attached hydrogen (secondary N) is 2. The first-order chi connectivity index (χ1) is 14.8. The zero-order valence-corrected chi connectivity index (χ0v) is 17.7. The van der Waals surface area contributed by atoms with Crippen LogP contribution in [-0.2, 0) is 4.79 Å². The lowest BCUT2D eigenvalue weighted by Gasteiger charge is -2.18. The fraction of sp³-hybridized carbons (Fsp3) is 0.167. The van der Waals surface area contributed by atoms with Crippen LogP contribution in [0, 0.1) is 13.8 Å². The third-order valence-electron chi connectivity index (χ3n) is 4.76. The number of likely N-dealkylation sites (N-methyl/N-ethyl adjacent to an activating group) is 1. The van der Waals surface area contributed by atoms with Gasteiger partial charge < -0.3 is 15.5 Å². The predicted octanol–water partition coefficient (Wildman–Crippen LogP) is 3.66. The van der Waals surface area contributed by atoms with E-state index in [0.29, 0.717) is 16.8 Å². The Hall–Kier alpha value is -4.00. The van der Waals surface area contributed by atoms with Crippen LogP contribution in [0.5, 0.6) is 0 Å². The summed E-state index contributed by atoms with van der Waals surface area (Å²) in [5.41, 5.74) is 3.94. The van der Waals surface area contributed by atoms with Gasteiger partial charge in [0.05, 0.1) is 12.1 Å². The average Bonchev–Trinajstić information content (AvgIpc) is 2.76. The summed E-state index contributed by atoms with van der Waals surface area (Å²) in [6.45, 7) is 3.74. The minimum atomic E-state index is -0.325. The van der Waals surface area contributed by atoms with Crippen LogP contribution in [0.15, 0.2) is 67.0 Å². The molecule has 0 aliphatic rings. The van der Waals surface area contributed by atoms with Crippen LogP contribution >= 0.6 is 0 Å². The third kappa shape index (κ3) is 5.54. The number of aromatic nitrogens is 1. The van der Waals surface area contributed by atoms with Crippen LogP contribution in [0.3, 0.4) is 0 Å². The van der Waals surface area contributed by atoms with E-state index >= 15 is 0 Å². The lowest BCUT2D eigenvalue weighted by atomic mass is 10.1. The van der Waals surface area contributed by atoms with Gasteiger partial charge in [0.15, 0.2) is 0 Å². The van der Waals surface area contributed by atoms with Gasteiger partial charge in [-0.05, 0) is 55.3 Å². The van der Waals surface area contributed by atoms with E-state index < -0.39 is 0 Å². The van der Waals surface area contributed by atoms with Gasteiger partial charge in [-0.15, -0.1) is 0 Å². The molecule has 2 aromatic carbocycles. The minimum absolute atomic E-state index is 0.0983. The summed E-state index contributed by atoms with van der Waals surface area (Å²) < 4.78 is 0. The van der Waals surface area contributed by atoms with Crippen molar-refractivity contribution in [1.82, 2.24) is 9.88 Å². The lowest BCUT2D eigenvalue weighted by Crippen LogP contribution is -2.35. The molecule has 3 rings (SSSR count). The van der Waals surface area contributed by atoms with Gasteiger partial charge in [-0.25, -0.2) is 0 Å². The van der Waals surface area contributed by atoms with E-state index in [4.69, 9.17) is 0 Å². The molecule has 3 amide bonds. The van der Waals surface area contributed by atoms with Crippen molar-refractivity contribution in [3.8, 4) is 0 Å². The van der Waals surface area contributed by atoms with Crippen molar-refractivity contribution >= 4 is 29.1 Å². The van der Waals surface area contributed by atoms with E-state index in [1.165, 1.54) is 11.1 Å². The Balaban J connectivity index is 1.64. The monoisotopic (exact) mass is 416 g/mol. The quantitative estimate of drug-likeness (QED) is 0.642. The van der Waals surface area contributed by atoms with Crippen LogP contribution in [-0.4, -0.2) is 41.2 Å². The summed E-state index contributed by atoms with van der Waals surface area (Å²) in [6, 6.07) is 15.7. The summed E-state index contributed by atoms with van der Waals surface area (Å²) in [7, 11) is 1.56. The standard InChI is InChI=1S/C24H24N4O3/c1-16-7-4-8-17(2)22(16)27-21(29)15-28(3)24(31)18-9-5-11-20(13-18)26-23(30)19-10-6-12-25-14-19/h4-14H,15H2,1-3H3,(H,26,30)(H,27,29). The Kier molecular flexibility index (Phi) is 6.77. The molecular formula is C24H24N4O3. The Morgan fingerprint density at radius 3 is 2.26 bits per heavy atom. The van der Waals surface area contributed by atoms with E-state index in [-0.39, 0.29) is 24.3 Å². The lowest BCUT2D eigenvalue weighted by molar-refractivity contribution is -0.116. The number of aryl methyl sites for hydroxylation is 2. The largest absolute Gasteiger partial charge is 0.332 e. The maximum absolute atomic E-state index is 12.8. The molecule has 0 radical (unpaired) electrons. The normalized spacial score (nSPS) is 10.3. The molecule has 0 unspecified atom stereocenters. The molecule has 0 spiro atoms. The fourth-order valence-corrected chi connectivity index (χ4v) is 3.13. The highest BCUT2D eigenvalue weighted by Gasteiger charge is 2.17. The Bertz CT molecular complexity index is 1090. The van der Waals surface area contributed by atoms with Gasteiger partial charge in [0.25, 0.3) is 11.8 Å². The van der Waals surface area contributed by atoms with E-state index in [1.54, 1.807) is 49.6 Å². The summed E-state index contributed by atoms with van der Waals surface area (Å²) >= 11 is 0. The molecule has 7 heteroatoms. The van der Waals surface area contributed by atoms with Crippen LogP contribution in [0.4, 0.5) is 11.4 Å². The molecule has 7 nitrogen and oxygen atoms in total. The smallest absolute Gasteiger partial charge is 0.257 e. The highest BCUT2D eigenvalue weighted by Crippen LogP contribution is 2.19. The summed E-state index contributed by atoms with van der Waals surface area (Å²) in [5.74, 6) is -0.928. The third-order valence-corrected chi connectivity index (χ3v) is 4.76. The van der Waals surface area contributed by atoms with Crippen LogP contribution in [0.2, 0.25) is 0 Å². The predicted molar refractivity (Wildman–Crippen MR) is 120 cm³/mol. The van der Waals surface area contributed by atoms with Gasteiger partial charge in [0.2, 0.25) is 5.91 Å². The number of rotatable bonds is 6. The number of hydrogen-bond acceptors (Lipinski definition) is 4. The second-order valence-corrected chi connectivity index (χ2v) is 7.25. The number of carbonyl (C=O) groups excluding carboxylic acids is 3. The molecule has 2 N–H and O–H groups in total. The second kappa shape index (κ2) is 9.67. The topological polar surface area (TPSA) is 91.4 Å². The van der Waals surface area contributed by atoms with Gasteiger partial charge in [0.1, 0.15) is 0 Å². The molecule has 0 atom stereocenters. The first-order valence-electron chi connectivity index (χ1n) is 9.78. The van der Waals surface area contributed by atoms with Crippen molar-refractivity contribution in [2.24, 2.45) is 0 Å². The fourth-order valence-electron chi connectivity index (χ4n) is 3.13. The van der Waals surface area contributed by atoms with Gasteiger partial charge >= 0.3 is 0 Å². The number of anilines is 2. The molecule has 0 bridgehead atoms. The summed E-state index contributed by atoms with van der Waals surface area (Å²) in [4.78, 5) is 42.8. The van der Waals surface area contributed by atoms with E-state index in [9.17, 15) is 14.4 Å². The van der Waals surface area contributed by atoms with Gasteiger partial charge in [-0.1, -0.05) is 24.3 Å². The molecule has 1 aromatic heterocycles. The molecule has 3 aromatic rings. The number of carbonyl (C=O) groups is 3. The Labute approximate surface area is 181 Å². The summed E-state index contributed by atoms with van der Waals surface area (Å²) in [5, 5.41) is 5.62. The van der Waals surface area contributed by atoms with Gasteiger partial charge in [0, 0.05) is 36.4 Å². The van der Waals surface area contributed by atoms with Crippen molar-refractivity contribution in [1.29, 1.82) is 0 Å². The molecular weight excluding hydrogens is 392 g/mol. The maximum Gasteiger partial charge on any atom is 0.257 e. The Morgan fingerprint density at radius 2 is 1.58 bits per heavy atom. The van der Waals surface area contributed by atoms with Crippen LogP contribution in [0.25, 0.3) is 0 Å². The number of amides is 3. The summed E-state index contributed by atoms with van der Waals surface area (Å²) in [6.07, 6.45) is 3.05. The number of hydrogen-bond donors (Lipinski definition) is 2. The second-order valence-electron chi connectivity index (χ2n) is 7.25. The van der Waals surface area contributed by atoms with E-state index in [1.807, 2.05) is 32.0 Å². The molecule has 0 saturated heterocycles. The highest BCUT2D eigenvalue weighted by molar-refractivity contribution is 6.05. The molecule has 31 heavy (non-hydrogen) atoms. The SMILES string of the molecule is Cc1cccc(C)c1NC(=O)CN(C)C(=O)c1cccc(NC(=O)c2cccnc2)c1. The highest BCUT2D eigenvalue weighted by atomic mass is 16.2. The Morgan fingerprint density at radius 1 is 0.903 bits per heavy atom. The zero-order valence-electron chi connectivity index (χ0n) is 17.7. The maximum atomic E-state index is 12.8. The average molecular weight is 416 g/mol. The molecule has 1 heterocycles. The molecule has 0 aliphatic heterocycles. The zero-order chi connectivity index (χ0) is 22.4. The number of para-hydroxylation sites is 1. The minimum Gasteiger partial charge on any atom is -0.332 e. The van der Waals surface area contributed by atoms with Crippen molar-refractivity contribution in [2.45, 2.75) is 13.8 Å². The van der Waals surface area contributed by atoms with Crippen molar-refractivity contribution in [3.05, 3.63) is 89.2 Å². The van der Waals surface area contributed by atoms with Gasteiger partial charge in [-0.3, -0.25) is 19.4 Å². The number of pyridine rings is 1. The van der Waals surface area contributed by atoms with Crippen molar-refractivity contribution in [2.75, 3.05) is 24.2 Å². The van der Waals surface area contributed by atoms with E-state index in [0.717, 1.165) is 16.8 Å². The number of benzene rings is 2. The van der Waals surface area contributed by atoms with E-state index in [2.05, 4.69) is 15.6 Å². The van der Waals surface area contributed by atoms with Crippen LogP contribution in [0.1, 0.15) is 31.8 Å². The first kappa shape index (κ1) is 21.7. The first-order valence-corrected chi connectivity index (χ1v) is 9.78. The van der Waals surface area contributed by atoms with Crippen molar-refractivity contribution < 1.29 is 14.4 Å². The molecule has 0 saturated carbocycles.